The molecule has 0 aromatic heterocycles. The molecule has 0 unspecified atom stereocenters. The Morgan fingerprint density at radius 3 is 1.30 bits per heavy atom. The fourth-order valence-corrected chi connectivity index (χ4v) is 5.88. The number of rotatable bonds is 36. The molecule has 0 heterocycles. The topological polar surface area (TPSA) is 29.5 Å². The van der Waals surface area contributed by atoms with Crippen LogP contribution >= 0.6 is 0 Å². The van der Waals surface area contributed by atoms with Gasteiger partial charge in [0, 0.05) is 6.42 Å². The molecule has 0 aliphatic rings. The molecular weight excluding hydrogens is 574 g/mol. The van der Waals surface area contributed by atoms with Crippen molar-refractivity contribution in [3.63, 3.8) is 0 Å². The van der Waals surface area contributed by atoms with Crippen LogP contribution < -0.4 is 0 Å². The molecule has 0 atom stereocenters. The molecule has 3 heteroatoms. The van der Waals surface area contributed by atoms with Crippen LogP contribution in [0.15, 0.2) is 48.6 Å². The molecule has 47 heavy (non-hydrogen) atoms. The lowest BCUT2D eigenvalue weighted by atomic mass is 10.0. The first-order chi connectivity index (χ1) is 23.1. The summed E-state index contributed by atoms with van der Waals surface area (Å²) in [6, 6.07) is 0. The molecule has 0 aromatic rings. The summed E-state index contributed by atoms with van der Waals surface area (Å²) in [6.07, 6.45) is 52.8. The van der Waals surface area contributed by atoms with Crippen molar-refractivity contribution in [3.05, 3.63) is 48.6 Å². The third-order valence-electron chi connectivity index (χ3n) is 9.21. The molecule has 0 rings (SSSR count). The van der Waals surface area contributed by atoms with Crippen LogP contribution in [-0.2, 0) is 9.53 Å². The molecule has 0 saturated carbocycles. The van der Waals surface area contributed by atoms with Gasteiger partial charge in [0.05, 0.1) is 0 Å². The van der Waals surface area contributed by atoms with E-state index in [0.29, 0.717) is 6.42 Å². The Kier molecular flexibility index (Phi) is 37.5. The van der Waals surface area contributed by atoms with Crippen molar-refractivity contribution < 1.29 is 9.53 Å². The highest BCUT2D eigenvalue weighted by Crippen LogP contribution is 2.18. The molecule has 0 radical (unpaired) electrons. The van der Waals surface area contributed by atoms with Gasteiger partial charge >= 0.3 is 5.97 Å². The molecule has 0 amide bonds. The second-order valence-electron chi connectivity index (χ2n) is 13.9. The normalized spacial score (nSPS) is 12.4. The number of hydrogen-bond acceptors (Lipinski definition) is 3. The predicted octanol–water partition coefficient (Wildman–Crippen LogP) is 14.0. The van der Waals surface area contributed by atoms with Crippen LogP contribution in [0.2, 0.25) is 0 Å². The monoisotopic (exact) mass is 656 g/mol. The van der Waals surface area contributed by atoms with Crippen molar-refractivity contribution in [2.24, 2.45) is 0 Å². The van der Waals surface area contributed by atoms with Crippen molar-refractivity contribution >= 4 is 5.97 Å². The summed E-state index contributed by atoms with van der Waals surface area (Å²) in [4.78, 5) is 14.9. The Balaban J connectivity index is 4.07. The van der Waals surface area contributed by atoms with Gasteiger partial charge in [0.15, 0.2) is 0 Å². The Morgan fingerprint density at radius 2 is 0.894 bits per heavy atom. The van der Waals surface area contributed by atoms with E-state index in [-0.39, 0.29) is 12.1 Å². The molecule has 0 N–H and O–H groups in total. The van der Waals surface area contributed by atoms with E-state index in [2.05, 4.69) is 81.3 Å². The molecule has 0 bridgehead atoms. The van der Waals surface area contributed by atoms with Crippen LogP contribution in [0.4, 0.5) is 0 Å². The highest BCUT2D eigenvalue weighted by atomic mass is 16.5. The van der Waals surface area contributed by atoms with Gasteiger partial charge in [-0.25, -0.2) is 0 Å². The standard InChI is InChI=1S/C44H81NO2/c1-5-8-10-12-14-16-18-20-22-24-26-28-30-32-34-36-39-43(47-44(46)41-38-42-45(4)7-3)40-37-35-33-31-29-27-25-23-21-19-17-15-13-11-9-6-2/h14-17,20-23,43H,5-13,18-19,24-42H2,1-4H3/b16-14+,17-15+,22-20+,23-21+. The molecule has 0 aromatic carbocycles. The summed E-state index contributed by atoms with van der Waals surface area (Å²) in [5, 5.41) is 0. The summed E-state index contributed by atoms with van der Waals surface area (Å²) in [5.74, 6) is 0.0135. The van der Waals surface area contributed by atoms with E-state index in [1.807, 2.05) is 0 Å². The van der Waals surface area contributed by atoms with E-state index in [0.717, 1.165) is 45.2 Å². The highest BCUT2D eigenvalue weighted by Gasteiger charge is 2.14. The fourth-order valence-electron chi connectivity index (χ4n) is 5.88. The van der Waals surface area contributed by atoms with Gasteiger partial charge in [-0.15, -0.1) is 0 Å². The summed E-state index contributed by atoms with van der Waals surface area (Å²) in [7, 11) is 2.12. The van der Waals surface area contributed by atoms with Gasteiger partial charge in [0.25, 0.3) is 0 Å². The number of unbranched alkanes of at least 4 members (excludes halogenated alkanes) is 18. The zero-order valence-electron chi connectivity index (χ0n) is 32.2. The van der Waals surface area contributed by atoms with Crippen molar-refractivity contribution in [1.29, 1.82) is 0 Å². The van der Waals surface area contributed by atoms with E-state index in [4.69, 9.17) is 4.74 Å². The number of carbonyl (C=O) groups excluding carboxylic acids is 1. The van der Waals surface area contributed by atoms with Gasteiger partial charge in [-0.1, -0.05) is 146 Å². The number of nitrogens with zero attached hydrogens (tertiary/aromatic N) is 1. The number of ether oxygens (including phenoxy) is 1. The lowest BCUT2D eigenvalue weighted by molar-refractivity contribution is -0.150. The first-order valence-electron chi connectivity index (χ1n) is 20.6. The van der Waals surface area contributed by atoms with Crippen LogP contribution in [0, 0.1) is 0 Å². The van der Waals surface area contributed by atoms with Gasteiger partial charge in [-0.05, 0) is 116 Å². The van der Waals surface area contributed by atoms with Gasteiger partial charge < -0.3 is 9.64 Å². The zero-order chi connectivity index (χ0) is 34.3. The number of hydrogen-bond donors (Lipinski definition) is 0. The van der Waals surface area contributed by atoms with Gasteiger partial charge in [0.2, 0.25) is 0 Å². The number of carbonyl (C=O) groups is 1. The fraction of sp³-hybridized carbons (Fsp3) is 0.795. The second kappa shape index (κ2) is 38.8. The second-order valence-corrected chi connectivity index (χ2v) is 13.9. The molecule has 0 fully saturated rings. The third-order valence-corrected chi connectivity index (χ3v) is 9.21. The summed E-state index contributed by atoms with van der Waals surface area (Å²) in [6.45, 7) is 8.68. The quantitative estimate of drug-likeness (QED) is 0.0382. The Hall–Kier alpha value is -1.61. The maximum Gasteiger partial charge on any atom is 0.306 e. The van der Waals surface area contributed by atoms with Gasteiger partial charge in [0.1, 0.15) is 6.10 Å². The Labute approximate surface area is 295 Å². The maximum atomic E-state index is 12.6. The molecule has 0 aliphatic heterocycles. The summed E-state index contributed by atoms with van der Waals surface area (Å²) < 4.78 is 6.03. The predicted molar refractivity (Wildman–Crippen MR) is 210 cm³/mol. The first-order valence-corrected chi connectivity index (χ1v) is 20.6. The van der Waals surface area contributed by atoms with E-state index in [9.17, 15) is 4.79 Å². The Bertz CT molecular complexity index is 704. The number of allylic oxidation sites excluding steroid dienone is 8. The van der Waals surface area contributed by atoms with E-state index >= 15 is 0 Å². The van der Waals surface area contributed by atoms with E-state index < -0.39 is 0 Å². The first kappa shape index (κ1) is 45.4. The van der Waals surface area contributed by atoms with Crippen LogP contribution in [0.3, 0.4) is 0 Å². The lowest BCUT2D eigenvalue weighted by Gasteiger charge is -2.19. The molecular formula is C44H81NO2. The zero-order valence-corrected chi connectivity index (χ0v) is 32.2. The lowest BCUT2D eigenvalue weighted by Crippen LogP contribution is -2.22. The van der Waals surface area contributed by atoms with Crippen LogP contribution in [0.5, 0.6) is 0 Å². The van der Waals surface area contributed by atoms with Gasteiger partial charge in [-0.2, -0.15) is 0 Å². The highest BCUT2D eigenvalue weighted by molar-refractivity contribution is 5.69. The smallest absolute Gasteiger partial charge is 0.306 e. The number of esters is 1. The van der Waals surface area contributed by atoms with Crippen molar-refractivity contribution in [2.45, 2.75) is 207 Å². The molecule has 0 aliphatic carbocycles. The van der Waals surface area contributed by atoms with Crippen LogP contribution in [0.1, 0.15) is 201 Å². The Morgan fingerprint density at radius 1 is 0.511 bits per heavy atom. The van der Waals surface area contributed by atoms with E-state index in [1.54, 1.807) is 0 Å². The summed E-state index contributed by atoms with van der Waals surface area (Å²) in [5.41, 5.74) is 0. The van der Waals surface area contributed by atoms with Crippen molar-refractivity contribution in [3.8, 4) is 0 Å². The minimum Gasteiger partial charge on any atom is -0.462 e. The van der Waals surface area contributed by atoms with E-state index in [1.165, 1.54) is 141 Å². The van der Waals surface area contributed by atoms with Crippen molar-refractivity contribution in [1.82, 2.24) is 4.90 Å². The van der Waals surface area contributed by atoms with Crippen molar-refractivity contribution in [2.75, 3.05) is 20.1 Å². The molecule has 0 spiro atoms. The maximum absolute atomic E-state index is 12.6. The minimum atomic E-state index is 0.0135. The largest absolute Gasteiger partial charge is 0.462 e. The van der Waals surface area contributed by atoms with Crippen LogP contribution in [-0.4, -0.2) is 37.1 Å². The van der Waals surface area contributed by atoms with Gasteiger partial charge in [-0.3, -0.25) is 4.79 Å². The average Bonchev–Trinajstić information content (AvgIpc) is 3.07. The minimum absolute atomic E-state index is 0.0135. The average molecular weight is 656 g/mol. The summed E-state index contributed by atoms with van der Waals surface area (Å²) >= 11 is 0. The molecule has 274 valence electrons. The third kappa shape index (κ3) is 37.1. The molecule has 3 nitrogen and oxygen atoms in total. The molecule has 0 saturated heterocycles. The van der Waals surface area contributed by atoms with Crippen LogP contribution in [0.25, 0.3) is 0 Å². The SMILES string of the molecule is CCCCC/C=C/C/C=C/CCCCCCCCC(CCCCCCCC/C=C/C/C=C/CCCCC)OC(=O)CCCN(C)CC.